The lowest BCUT2D eigenvalue weighted by Gasteiger charge is -2.20. The maximum Gasteiger partial charge on any atom is 0.435 e. The van der Waals surface area contributed by atoms with Crippen LogP contribution in [0.2, 0.25) is 0 Å². The molecule has 1 aliphatic carbocycles. The second-order valence-corrected chi connectivity index (χ2v) is 6.34. The molecule has 1 aromatic heterocycles. The molecular weight excluding hydrogens is 288 g/mol. The number of hydrogen-bond acceptors (Lipinski definition) is 3. The molecule has 1 aliphatic rings. The zero-order valence-electron chi connectivity index (χ0n) is 13.7. The topological polar surface area (TPSA) is 44.1 Å². The summed E-state index contributed by atoms with van der Waals surface area (Å²) in [7, 11) is 0. The van der Waals surface area contributed by atoms with Gasteiger partial charge in [-0.3, -0.25) is 0 Å². The minimum Gasteiger partial charge on any atom is -0.443 e. The summed E-state index contributed by atoms with van der Waals surface area (Å²) in [5.41, 5.74) is 3.26. The Morgan fingerprint density at radius 3 is 2.96 bits per heavy atom. The Labute approximate surface area is 137 Å². The van der Waals surface area contributed by atoms with Crippen LogP contribution < -0.4 is 0 Å². The maximum absolute atomic E-state index is 12.2. The molecule has 4 heteroatoms. The lowest BCUT2D eigenvalue weighted by molar-refractivity contribution is 0.137. The number of hydrogen-bond donors (Lipinski definition) is 0. The molecule has 0 bridgehead atoms. The molecule has 1 heterocycles. The minimum atomic E-state index is -0.395. The fraction of sp³-hybridized carbons (Fsp3) is 0.474. The summed E-state index contributed by atoms with van der Waals surface area (Å²) in [5, 5.41) is 4.42. The lowest BCUT2D eigenvalue weighted by Crippen LogP contribution is -2.14. The molecule has 0 amide bonds. The highest BCUT2D eigenvalue weighted by atomic mass is 16.6. The second kappa shape index (κ2) is 7.44. The van der Waals surface area contributed by atoms with Crippen LogP contribution in [0, 0.1) is 5.92 Å². The first kappa shape index (κ1) is 15.8. The largest absolute Gasteiger partial charge is 0.443 e. The number of rotatable bonds is 5. The van der Waals surface area contributed by atoms with Crippen LogP contribution >= 0.6 is 0 Å². The van der Waals surface area contributed by atoms with Crippen LogP contribution in [0.15, 0.2) is 36.5 Å². The molecule has 0 N–H and O–H groups in total. The van der Waals surface area contributed by atoms with Crippen molar-refractivity contribution in [2.24, 2.45) is 5.92 Å². The number of aryl methyl sites for hydroxylation is 1. The fourth-order valence-corrected chi connectivity index (χ4v) is 3.20. The van der Waals surface area contributed by atoms with Gasteiger partial charge in [0.05, 0.1) is 5.69 Å². The summed E-state index contributed by atoms with van der Waals surface area (Å²) < 4.78 is 6.72. The van der Waals surface area contributed by atoms with Crippen molar-refractivity contribution in [2.75, 3.05) is 0 Å². The van der Waals surface area contributed by atoms with E-state index in [4.69, 9.17) is 4.74 Å². The van der Waals surface area contributed by atoms with Crippen LogP contribution in [0.4, 0.5) is 4.79 Å². The highest BCUT2D eigenvalue weighted by Gasteiger charge is 2.23. The van der Waals surface area contributed by atoms with Gasteiger partial charge in [-0.15, -0.1) is 0 Å². The molecule has 1 aromatic carbocycles. The Hall–Kier alpha value is -2.10. The maximum atomic E-state index is 12.2. The van der Waals surface area contributed by atoms with Gasteiger partial charge in [-0.25, -0.2) is 4.79 Å². The van der Waals surface area contributed by atoms with Crippen molar-refractivity contribution in [1.29, 1.82) is 0 Å². The predicted octanol–water partition coefficient (Wildman–Crippen LogP) is 4.36. The number of benzene rings is 1. The number of carbonyl (C=O) groups is 1. The molecule has 2 aromatic rings. The zero-order valence-corrected chi connectivity index (χ0v) is 13.7. The first-order valence-corrected chi connectivity index (χ1v) is 8.54. The summed E-state index contributed by atoms with van der Waals surface area (Å²) in [5.74, 6) is 0.737. The van der Waals surface area contributed by atoms with Crippen LogP contribution in [0.5, 0.6) is 0 Å². The second-order valence-electron chi connectivity index (χ2n) is 6.34. The van der Waals surface area contributed by atoms with Crippen molar-refractivity contribution in [3.63, 3.8) is 0 Å². The Morgan fingerprint density at radius 1 is 1.35 bits per heavy atom. The van der Waals surface area contributed by atoms with Crippen molar-refractivity contribution < 1.29 is 9.53 Å². The molecule has 122 valence electrons. The summed E-state index contributed by atoms with van der Waals surface area (Å²) in [6.07, 6.45) is 8.48. The van der Waals surface area contributed by atoms with Gasteiger partial charge in [0.25, 0.3) is 0 Å². The average molecular weight is 312 g/mol. The molecule has 1 atom stereocenters. The molecule has 1 unspecified atom stereocenters. The summed E-state index contributed by atoms with van der Waals surface area (Å²) >= 11 is 0. The molecule has 0 spiro atoms. The number of carbonyl (C=O) groups excluding carboxylic acids is 1. The molecular formula is C19H24N2O2. The van der Waals surface area contributed by atoms with Crippen molar-refractivity contribution in [3.8, 4) is 0 Å². The Balaban J connectivity index is 1.59. The molecule has 0 fully saturated rings. The van der Waals surface area contributed by atoms with Crippen LogP contribution in [0.1, 0.15) is 49.4 Å². The highest BCUT2D eigenvalue weighted by molar-refractivity contribution is 5.69. The van der Waals surface area contributed by atoms with Gasteiger partial charge in [-0.1, -0.05) is 56.5 Å². The number of ether oxygens (including phenoxy) is 1. The lowest BCUT2D eigenvalue weighted by atomic mass is 9.85. The molecule has 3 rings (SSSR count). The molecule has 4 nitrogen and oxygen atoms in total. The zero-order chi connectivity index (χ0) is 16.1. The predicted molar refractivity (Wildman–Crippen MR) is 89.3 cm³/mol. The van der Waals surface area contributed by atoms with Crippen LogP contribution in [0.25, 0.3) is 0 Å². The van der Waals surface area contributed by atoms with Crippen LogP contribution in [-0.4, -0.2) is 15.9 Å². The third kappa shape index (κ3) is 4.01. The van der Waals surface area contributed by atoms with E-state index in [2.05, 4.69) is 12.0 Å². The standard InChI is InChI=1S/C19H24N2O2/c1-2-3-7-15-10-11-18-17(12-15)13-21(20-18)19(22)23-14-16-8-5-4-6-9-16/h4-6,8-9,13,15H,2-3,7,10-12,14H2,1H3. The van der Waals surface area contributed by atoms with Crippen molar-refractivity contribution in [2.45, 2.75) is 52.1 Å². The van der Waals surface area contributed by atoms with Gasteiger partial charge in [0, 0.05) is 6.20 Å². The molecule has 0 radical (unpaired) electrons. The van der Waals surface area contributed by atoms with Gasteiger partial charge in [-0.2, -0.15) is 9.78 Å². The van der Waals surface area contributed by atoms with Crippen LogP contribution in [0.3, 0.4) is 0 Å². The van der Waals surface area contributed by atoms with Crippen molar-refractivity contribution in [1.82, 2.24) is 9.78 Å². The monoisotopic (exact) mass is 312 g/mol. The van der Waals surface area contributed by atoms with Crippen molar-refractivity contribution in [3.05, 3.63) is 53.3 Å². The third-order valence-corrected chi connectivity index (χ3v) is 4.53. The summed E-state index contributed by atoms with van der Waals surface area (Å²) in [6, 6.07) is 9.71. The van der Waals surface area contributed by atoms with Gasteiger partial charge in [0.2, 0.25) is 0 Å². The van der Waals surface area contributed by atoms with E-state index >= 15 is 0 Å². The van der Waals surface area contributed by atoms with E-state index in [1.807, 2.05) is 36.5 Å². The quantitative estimate of drug-likeness (QED) is 0.823. The number of nitrogens with zero attached hydrogens (tertiary/aromatic N) is 2. The Kier molecular flexibility index (Phi) is 5.11. The third-order valence-electron chi connectivity index (χ3n) is 4.53. The van der Waals surface area contributed by atoms with E-state index in [1.54, 1.807) is 0 Å². The van der Waals surface area contributed by atoms with E-state index < -0.39 is 6.09 Å². The highest BCUT2D eigenvalue weighted by Crippen LogP contribution is 2.28. The Morgan fingerprint density at radius 2 is 2.17 bits per heavy atom. The van der Waals surface area contributed by atoms with Gasteiger partial charge in [0.15, 0.2) is 0 Å². The minimum absolute atomic E-state index is 0.281. The first-order chi connectivity index (χ1) is 11.3. The number of aromatic nitrogens is 2. The smallest absolute Gasteiger partial charge is 0.435 e. The molecule has 0 saturated heterocycles. The van der Waals surface area contributed by atoms with E-state index in [1.165, 1.54) is 35.9 Å². The first-order valence-electron chi connectivity index (χ1n) is 8.54. The van der Waals surface area contributed by atoms with Gasteiger partial charge >= 0.3 is 6.09 Å². The molecule has 0 aliphatic heterocycles. The van der Waals surface area contributed by atoms with Crippen molar-refractivity contribution >= 4 is 6.09 Å². The summed E-state index contributed by atoms with van der Waals surface area (Å²) in [6.45, 7) is 2.51. The van der Waals surface area contributed by atoms with Gasteiger partial charge in [0.1, 0.15) is 6.61 Å². The Bertz CT molecular complexity index is 649. The normalized spacial score (nSPS) is 16.8. The average Bonchev–Trinajstić information content (AvgIpc) is 3.02. The van der Waals surface area contributed by atoms with E-state index in [9.17, 15) is 4.79 Å². The number of unbranched alkanes of at least 4 members (excludes halogenated alkanes) is 1. The summed E-state index contributed by atoms with van der Waals surface area (Å²) in [4.78, 5) is 12.2. The SMILES string of the molecule is CCCCC1CCc2nn(C(=O)OCc3ccccc3)cc2C1. The van der Waals surface area contributed by atoms with Gasteiger partial charge in [-0.05, 0) is 36.3 Å². The molecule has 23 heavy (non-hydrogen) atoms. The van der Waals surface area contributed by atoms with E-state index in [0.717, 1.165) is 30.0 Å². The fourth-order valence-electron chi connectivity index (χ4n) is 3.20. The van der Waals surface area contributed by atoms with Gasteiger partial charge < -0.3 is 4.74 Å². The molecule has 0 saturated carbocycles. The van der Waals surface area contributed by atoms with Crippen LogP contribution in [-0.2, 0) is 24.2 Å². The number of fused-ring (bicyclic) bond motifs is 1. The van der Waals surface area contributed by atoms with E-state index in [-0.39, 0.29) is 6.61 Å². The van der Waals surface area contributed by atoms with E-state index in [0.29, 0.717) is 0 Å².